The van der Waals surface area contributed by atoms with Gasteiger partial charge >= 0.3 is 5.79 Å². The molecule has 0 aromatic heterocycles. The van der Waals surface area contributed by atoms with Crippen LogP contribution in [0.25, 0.3) is 0 Å². The summed E-state index contributed by atoms with van der Waals surface area (Å²) in [6, 6.07) is 28.6. The highest BCUT2D eigenvalue weighted by Crippen LogP contribution is 2.52. The molecule has 0 radical (unpaired) electrons. The van der Waals surface area contributed by atoms with E-state index in [4.69, 9.17) is 23.7 Å². The van der Waals surface area contributed by atoms with E-state index < -0.39 is 5.79 Å². The lowest BCUT2D eigenvalue weighted by molar-refractivity contribution is -0.162. The van der Waals surface area contributed by atoms with Gasteiger partial charge in [0.25, 0.3) is 0 Å². The minimum Gasteiger partial charge on any atom is -0.457 e. The lowest BCUT2D eigenvalue weighted by atomic mass is 9.93. The van der Waals surface area contributed by atoms with Crippen LogP contribution in [-0.2, 0) is 24.7 Å². The Labute approximate surface area is 322 Å². The van der Waals surface area contributed by atoms with Gasteiger partial charge in [0.1, 0.15) is 41.7 Å². The van der Waals surface area contributed by atoms with Crippen molar-refractivity contribution in [2.75, 3.05) is 9.80 Å². The molecule has 0 unspecified atom stereocenters. The topological polar surface area (TPSA) is 52.6 Å². The molecular weight excluding hydrogens is 673 g/mol. The molecule has 7 nitrogen and oxygen atoms in total. The molecule has 284 valence electrons. The van der Waals surface area contributed by atoms with Crippen molar-refractivity contribution in [1.82, 2.24) is 0 Å². The molecule has 1 aliphatic carbocycles. The molecule has 0 N–H and O–H groups in total. The molecule has 0 atom stereocenters. The Balaban J connectivity index is 0.000000144. The predicted molar refractivity (Wildman–Crippen MR) is 218 cm³/mol. The molecule has 2 spiro atoms. The number of aryl methyl sites for hydroxylation is 4. The Morgan fingerprint density at radius 2 is 0.981 bits per heavy atom. The molecule has 5 aliphatic rings. The van der Waals surface area contributed by atoms with Crippen molar-refractivity contribution in [2.24, 2.45) is 0 Å². The van der Waals surface area contributed by atoms with Crippen molar-refractivity contribution < 1.29 is 23.7 Å². The number of benzene rings is 4. The van der Waals surface area contributed by atoms with E-state index in [0.717, 1.165) is 41.2 Å². The van der Waals surface area contributed by atoms with E-state index in [1.165, 1.54) is 52.9 Å². The molecule has 7 heteroatoms. The molecule has 9 rings (SSSR count). The summed E-state index contributed by atoms with van der Waals surface area (Å²) in [4.78, 5) is 4.78. The van der Waals surface area contributed by atoms with Crippen LogP contribution >= 0.6 is 0 Å². The van der Waals surface area contributed by atoms with Gasteiger partial charge in [-0.1, -0.05) is 80.9 Å². The summed E-state index contributed by atoms with van der Waals surface area (Å²) < 4.78 is 28.6. The van der Waals surface area contributed by atoms with E-state index in [-0.39, 0.29) is 11.4 Å². The van der Waals surface area contributed by atoms with Crippen LogP contribution in [0.3, 0.4) is 0 Å². The van der Waals surface area contributed by atoms with E-state index in [2.05, 4.69) is 100 Å². The zero-order valence-corrected chi connectivity index (χ0v) is 33.4. The van der Waals surface area contributed by atoms with Crippen LogP contribution in [0, 0.1) is 27.7 Å². The highest BCUT2D eigenvalue weighted by atomic mass is 16.7. The minimum absolute atomic E-state index is 0.145. The normalized spacial score (nSPS) is 18.4. The molecular formula is C47H56N2O5. The second kappa shape index (κ2) is 16.0. The third-order valence-corrected chi connectivity index (χ3v) is 10.5. The van der Waals surface area contributed by atoms with Gasteiger partial charge in [-0.3, -0.25) is 0 Å². The predicted octanol–water partition coefficient (Wildman–Crippen LogP) is 12.5. The minimum atomic E-state index is -0.907. The fourth-order valence-electron chi connectivity index (χ4n) is 7.94. The summed E-state index contributed by atoms with van der Waals surface area (Å²) in [6.45, 7) is 19.2. The highest BCUT2D eigenvalue weighted by molar-refractivity contribution is 5.71. The molecule has 4 aromatic rings. The molecule has 0 saturated heterocycles. The first-order valence-corrected chi connectivity index (χ1v) is 19.4. The lowest BCUT2D eigenvalue weighted by Crippen LogP contribution is -2.49. The van der Waals surface area contributed by atoms with Crippen LogP contribution in [0.15, 0.2) is 122 Å². The maximum atomic E-state index is 6.00. The van der Waals surface area contributed by atoms with Gasteiger partial charge in [0, 0.05) is 36.6 Å². The first-order valence-electron chi connectivity index (χ1n) is 19.4. The summed E-state index contributed by atoms with van der Waals surface area (Å²) in [6.07, 6.45) is 15.3. The molecule has 0 amide bonds. The fraction of sp³-hybridized carbons (Fsp3) is 0.362. The second-order valence-corrected chi connectivity index (χ2v) is 14.7. The monoisotopic (exact) mass is 728 g/mol. The molecule has 1 fully saturated rings. The van der Waals surface area contributed by atoms with Gasteiger partial charge < -0.3 is 33.5 Å². The average Bonchev–Trinajstić information content (AvgIpc) is 3.87. The van der Waals surface area contributed by atoms with E-state index in [9.17, 15) is 0 Å². The number of fused-ring (bicyclic) bond motifs is 4. The van der Waals surface area contributed by atoms with Gasteiger partial charge in [-0.2, -0.15) is 0 Å². The third-order valence-electron chi connectivity index (χ3n) is 10.5. The first-order chi connectivity index (χ1) is 26.0. The number of anilines is 2. The maximum absolute atomic E-state index is 6.00. The van der Waals surface area contributed by atoms with Gasteiger partial charge in [0.05, 0.1) is 11.1 Å². The van der Waals surface area contributed by atoms with Gasteiger partial charge in [-0.15, -0.1) is 0 Å². The van der Waals surface area contributed by atoms with E-state index in [1.807, 2.05) is 69.3 Å². The zero-order chi connectivity index (χ0) is 38.5. The number of rotatable bonds is 2. The number of hydrogen-bond acceptors (Lipinski definition) is 7. The molecule has 4 heterocycles. The lowest BCUT2D eigenvalue weighted by Gasteiger charge is -2.42. The van der Waals surface area contributed by atoms with Crippen molar-refractivity contribution in [1.29, 1.82) is 0 Å². The van der Waals surface area contributed by atoms with Gasteiger partial charge in [-0.05, 0) is 108 Å². The van der Waals surface area contributed by atoms with Crippen LogP contribution in [0.1, 0.15) is 100 Å². The van der Waals surface area contributed by atoms with Crippen molar-refractivity contribution in [3.05, 3.63) is 155 Å². The first kappa shape index (κ1) is 38.4. The van der Waals surface area contributed by atoms with Crippen molar-refractivity contribution in [3.63, 3.8) is 0 Å². The number of hydrogen-bond donors (Lipinski definition) is 0. The van der Waals surface area contributed by atoms with Crippen molar-refractivity contribution in [3.8, 4) is 11.5 Å². The fourth-order valence-corrected chi connectivity index (χ4v) is 7.94. The zero-order valence-electron chi connectivity index (χ0n) is 33.4. The number of para-hydroxylation sites is 4. The van der Waals surface area contributed by atoms with E-state index in [1.54, 1.807) is 18.8 Å². The quantitative estimate of drug-likeness (QED) is 0.204. The van der Waals surface area contributed by atoms with Crippen molar-refractivity contribution >= 4 is 11.4 Å². The molecule has 4 aromatic carbocycles. The van der Waals surface area contributed by atoms with Gasteiger partial charge in [-0.25, -0.2) is 0 Å². The molecule has 4 aliphatic heterocycles. The van der Waals surface area contributed by atoms with Crippen LogP contribution in [0.2, 0.25) is 0 Å². The number of nitrogens with zero attached hydrogens (tertiary/aromatic N) is 2. The Bertz CT molecular complexity index is 1860. The molecule has 54 heavy (non-hydrogen) atoms. The largest absolute Gasteiger partial charge is 0.457 e. The number of ether oxygens (including phenoxy) is 5. The van der Waals surface area contributed by atoms with Crippen LogP contribution < -0.4 is 14.5 Å². The summed E-state index contributed by atoms with van der Waals surface area (Å²) in [5, 5.41) is 0. The Kier molecular flexibility index (Phi) is 11.4. The van der Waals surface area contributed by atoms with Crippen LogP contribution in [0.5, 0.6) is 11.5 Å². The summed E-state index contributed by atoms with van der Waals surface area (Å²) in [7, 11) is 0. The van der Waals surface area contributed by atoms with Gasteiger partial charge in [0.15, 0.2) is 0 Å². The van der Waals surface area contributed by atoms with Crippen molar-refractivity contribution in [2.45, 2.75) is 112 Å². The number of allylic oxidation sites excluding steroid dienone is 1. The Hall–Kier alpha value is -5.30. The maximum Gasteiger partial charge on any atom is 0.311 e. The van der Waals surface area contributed by atoms with Crippen LogP contribution in [-0.4, -0.2) is 11.4 Å². The summed E-state index contributed by atoms with van der Waals surface area (Å²) in [5.74, 6) is 1.15. The summed E-state index contributed by atoms with van der Waals surface area (Å²) in [5.41, 5.74) is 9.50. The Morgan fingerprint density at radius 3 is 1.41 bits per heavy atom. The third kappa shape index (κ3) is 7.29. The van der Waals surface area contributed by atoms with E-state index in [0.29, 0.717) is 0 Å². The summed E-state index contributed by atoms with van der Waals surface area (Å²) >= 11 is 0. The highest BCUT2D eigenvalue weighted by Gasteiger charge is 2.49. The average molecular weight is 729 g/mol. The van der Waals surface area contributed by atoms with E-state index >= 15 is 0 Å². The van der Waals surface area contributed by atoms with Gasteiger partial charge in [0.2, 0.25) is 5.79 Å². The Morgan fingerprint density at radius 1 is 0.537 bits per heavy atom. The SMILES string of the molecule is C1=COC2(CCCCC2)O1.CC.CC1=COC2(O1)c1ccccc1Oc1ccccc12.Cc1cccc(C)c1N1C=CN(c2c(C)cccc2C)C1(C)C. The second-order valence-electron chi connectivity index (χ2n) is 14.7. The molecule has 1 saturated carbocycles. The van der Waals surface area contributed by atoms with Crippen LogP contribution in [0.4, 0.5) is 11.4 Å². The molecule has 0 bridgehead atoms. The smallest absolute Gasteiger partial charge is 0.311 e. The standard InChI is InChI=1S/C21H26N2.C16H12O3.C8H12O2.C2H6/c1-15-9-7-10-16(2)19(15)22-13-14-23(21(22,5)6)20-17(3)11-8-12-18(20)4;1-11-10-17-16(19-11)12-6-2-4-8-14(12)18-15-9-5-3-7-13(15)16;1-2-4-8(5-3-1)9-6-7-10-8;1-2/h7-14H,1-6H3;2-10H,1H3;6-7H,1-5H2;1-2H3.